The van der Waals surface area contributed by atoms with E-state index in [2.05, 4.69) is 12.2 Å². The smallest absolute Gasteiger partial charge is 0.233 e. The van der Waals surface area contributed by atoms with E-state index in [-0.39, 0.29) is 54.4 Å². The van der Waals surface area contributed by atoms with Crippen LogP contribution in [0.3, 0.4) is 0 Å². The molecule has 7 nitrogen and oxygen atoms in total. The lowest BCUT2D eigenvalue weighted by molar-refractivity contribution is -0.187. The molecule has 0 aromatic heterocycles. The average Bonchev–Trinajstić information content (AvgIpc) is 3.40. The largest absolute Gasteiger partial charge is 0.347 e. The van der Waals surface area contributed by atoms with Gasteiger partial charge in [-0.05, 0) is 18.3 Å². The summed E-state index contributed by atoms with van der Waals surface area (Å²) in [4.78, 5) is 41.0. The van der Waals surface area contributed by atoms with Gasteiger partial charge in [0.1, 0.15) is 0 Å². The molecule has 3 heterocycles. The van der Waals surface area contributed by atoms with E-state index in [1.807, 2.05) is 0 Å². The van der Waals surface area contributed by atoms with Crippen molar-refractivity contribution in [1.82, 2.24) is 9.80 Å². The van der Waals surface area contributed by atoms with Gasteiger partial charge in [0.15, 0.2) is 5.79 Å². The zero-order chi connectivity index (χ0) is 17.9. The Bertz CT molecular complexity index is 643. The zero-order valence-electron chi connectivity index (χ0n) is 14.8. The van der Waals surface area contributed by atoms with E-state index in [0.29, 0.717) is 39.1 Å². The van der Waals surface area contributed by atoms with Crippen LogP contribution < -0.4 is 0 Å². The van der Waals surface area contributed by atoms with E-state index in [9.17, 15) is 14.4 Å². The summed E-state index contributed by atoms with van der Waals surface area (Å²) in [7, 11) is 0. The highest BCUT2D eigenvalue weighted by Crippen LogP contribution is 2.52. The van der Waals surface area contributed by atoms with Gasteiger partial charge in [-0.15, -0.1) is 0 Å². The number of piperidine rings is 1. The highest BCUT2D eigenvalue weighted by Gasteiger charge is 2.59. The Morgan fingerprint density at radius 2 is 1.62 bits per heavy atom. The normalized spacial score (nSPS) is 37.2. The van der Waals surface area contributed by atoms with Gasteiger partial charge >= 0.3 is 0 Å². The number of carbonyl (C=O) groups is 3. The van der Waals surface area contributed by atoms with E-state index >= 15 is 0 Å². The number of fused-ring (bicyclic) bond motifs is 5. The summed E-state index contributed by atoms with van der Waals surface area (Å²) in [5, 5.41) is 0. The first-order valence-corrected chi connectivity index (χ1v) is 9.67. The molecule has 5 aliphatic rings. The highest BCUT2D eigenvalue weighted by molar-refractivity contribution is 6.06. The predicted octanol–water partition coefficient (Wildman–Crippen LogP) is 0.549. The van der Waals surface area contributed by atoms with Crippen LogP contribution in [0, 0.1) is 23.7 Å². The SMILES string of the molecule is O=C(CCN1C(=O)C2C3C=CC(C3)C2C1=O)N1CCC2(CC1)OCCO2. The lowest BCUT2D eigenvalue weighted by atomic mass is 9.85. The van der Waals surface area contributed by atoms with Crippen LogP contribution in [-0.4, -0.2) is 66.2 Å². The molecule has 0 aromatic carbocycles. The third-order valence-electron chi connectivity index (χ3n) is 6.80. The Morgan fingerprint density at radius 3 is 2.19 bits per heavy atom. The topological polar surface area (TPSA) is 76.2 Å². The van der Waals surface area contributed by atoms with Crippen LogP contribution in [0.2, 0.25) is 0 Å². The van der Waals surface area contributed by atoms with Gasteiger partial charge in [-0.1, -0.05) is 12.2 Å². The quantitative estimate of drug-likeness (QED) is 0.543. The number of imide groups is 1. The number of nitrogens with zero attached hydrogens (tertiary/aromatic N) is 2. The molecule has 1 saturated carbocycles. The average molecular weight is 360 g/mol. The Morgan fingerprint density at radius 1 is 1.04 bits per heavy atom. The maximum absolute atomic E-state index is 12.7. The summed E-state index contributed by atoms with van der Waals surface area (Å²) in [5.74, 6) is -0.583. The van der Waals surface area contributed by atoms with Crippen molar-refractivity contribution in [1.29, 1.82) is 0 Å². The number of hydrogen-bond donors (Lipinski definition) is 0. The van der Waals surface area contributed by atoms with Crippen LogP contribution in [0.15, 0.2) is 12.2 Å². The summed E-state index contributed by atoms with van der Waals surface area (Å²) >= 11 is 0. The molecular weight excluding hydrogens is 336 g/mol. The predicted molar refractivity (Wildman–Crippen MR) is 89.5 cm³/mol. The van der Waals surface area contributed by atoms with Gasteiger partial charge in [-0.3, -0.25) is 19.3 Å². The minimum Gasteiger partial charge on any atom is -0.347 e. The molecule has 1 spiro atoms. The summed E-state index contributed by atoms with van der Waals surface area (Å²) < 4.78 is 11.4. The summed E-state index contributed by atoms with van der Waals surface area (Å²) in [6.07, 6.45) is 6.66. The molecule has 26 heavy (non-hydrogen) atoms. The fourth-order valence-corrected chi connectivity index (χ4v) is 5.43. The number of rotatable bonds is 3. The van der Waals surface area contributed by atoms with Crippen molar-refractivity contribution < 1.29 is 23.9 Å². The van der Waals surface area contributed by atoms with Crippen LogP contribution in [0.25, 0.3) is 0 Å². The molecule has 4 fully saturated rings. The fourth-order valence-electron chi connectivity index (χ4n) is 5.43. The first-order valence-electron chi connectivity index (χ1n) is 9.67. The monoisotopic (exact) mass is 360 g/mol. The Balaban J connectivity index is 1.16. The molecule has 7 heteroatoms. The van der Waals surface area contributed by atoms with Crippen molar-refractivity contribution in [3.8, 4) is 0 Å². The lowest BCUT2D eigenvalue weighted by Gasteiger charge is -2.37. The molecule has 2 aliphatic carbocycles. The van der Waals surface area contributed by atoms with Gasteiger partial charge in [0, 0.05) is 38.9 Å². The van der Waals surface area contributed by atoms with Crippen molar-refractivity contribution in [2.24, 2.45) is 23.7 Å². The summed E-state index contributed by atoms with van der Waals surface area (Å²) in [6.45, 7) is 2.64. The Hall–Kier alpha value is -1.73. The van der Waals surface area contributed by atoms with Gasteiger partial charge in [0.2, 0.25) is 17.7 Å². The second-order valence-corrected chi connectivity index (χ2v) is 8.07. The minimum absolute atomic E-state index is 0.00315. The molecule has 4 atom stereocenters. The van der Waals surface area contributed by atoms with E-state index < -0.39 is 5.79 Å². The second kappa shape index (κ2) is 5.89. The number of carbonyl (C=O) groups excluding carboxylic acids is 3. The van der Waals surface area contributed by atoms with Gasteiger partial charge in [-0.25, -0.2) is 0 Å². The first kappa shape index (κ1) is 16.4. The number of ether oxygens (including phenoxy) is 2. The summed E-state index contributed by atoms with van der Waals surface area (Å²) in [6, 6.07) is 0. The molecule has 2 bridgehead atoms. The number of amides is 3. The van der Waals surface area contributed by atoms with E-state index in [0.717, 1.165) is 6.42 Å². The summed E-state index contributed by atoms with van der Waals surface area (Å²) in [5.41, 5.74) is 0. The number of allylic oxidation sites excluding steroid dienone is 2. The molecule has 3 amide bonds. The maximum atomic E-state index is 12.7. The second-order valence-electron chi connectivity index (χ2n) is 8.07. The molecule has 3 saturated heterocycles. The fraction of sp³-hybridized carbons (Fsp3) is 0.737. The first-order chi connectivity index (χ1) is 12.6. The van der Waals surface area contributed by atoms with Crippen molar-refractivity contribution in [3.05, 3.63) is 12.2 Å². The van der Waals surface area contributed by atoms with E-state index in [1.165, 1.54) is 4.90 Å². The van der Waals surface area contributed by atoms with Crippen LogP contribution in [0.1, 0.15) is 25.7 Å². The standard InChI is InChI=1S/C19H24N2O5/c22-14(20-7-4-19(5-8-20)25-9-10-26-19)3-6-21-17(23)15-12-1-2-13(11-12)16(15)18(21)24/h1-2,12-13,15-16H,3-11H2. The molecule has 0 aromatic rings. The molecule has 5 rings (SSSR count). The molecule has 0 N–H and O–H groups in total. The Kier molecular flexibility index (Phi) is 3.72. The van der Waals surface area contributed by atoms with Gasteiger partial charge in [-0.2, -0.15) is 0 Å². The van der Waals surface area contributed by atoms with Crippen LogP contribution >= 0.6 is 0 Å². The molecule has 0 radical (unpaired) electrons. The van der Waals surface area contributed by atoms with Crippen molar-refractivity contribution in [2.45, 2.75) is 31.5 Å². The van der Waals surface area contributed by atoms with Crippen LogP contribution in [0.4, 0.5) is 0 Å². The van der Waals surface area contributed by atoms with E-state index in [4.69, 9.17) is 9.47 Å². The minimum atomic E-state index is -0.499. The number of hydrogen-bond acceptors (Lipinski definition) is 5. The van der Waals surface area contributed by atoms with Gasteiger partial charge in [0.05, 0.1) is 25.0 Å². The Labute approximate surface area is 152 Å². The van der Waals surface area contributed by atoms with Crippen LogP contribution in [0.5, 0.6) is 0 Å². The van der Waals surface area contributed by atoms with Crippen molar-refractivity contribution in [3.63, 3.8) is 0 Å². The van der Waals surface area contributed by atoms with Gasteiger partial charge < -0.3 is 14.4 Å². The molecule has 4 unspecified atom stereocenters. The lowest BCUT2D eigenvalue weighted by Crippen LogP contribution is -2.48. The third-order valence-corrected chi connectivity index (χ3v) is 6.80. The van der Waals surface area contributed by atoms with Crippen LogP contribution in [-0.2, 0) is 23.9 Å². The molecular formula is C19H24N2O5. The number of likely N-dealkylation sites (tertiary alicyclic amines) is 2. The van der Waals surface area contributed by atoms with Crippen molar-refractivity contribution >= 4 is 17.7 Å². The van der Waals surface area contributed by atoms with Crippen molar-refractivity contribution in [2.75, 3.05) is 32.8 Å². The molecule has 140 valence electrons. The molecule has 3 aliphatic heterocycles. The third kappa shape index (κ3) is 2.36. The van der Waals surface area contributed by atoms with Gasteiger partial charge in [0.25, 0.3) is 0 Å². The zero-order valence-corrected chi connectivity index (χ0v) is 14.8. The highest BCUT2D eigenvalue weighted by atomic mass is 16.7. The maximum Gasteiger partial charge on any atom is 0.233 e. The van der Waals surface area contributed by atoms with E-state index in [1.54, 1.807) is 4.90 Å².